The normalized spacial score (nSPS) is 18.2. The third-order valence-corrected chi connectivity index (χ3v) is 3.72. The smallest absolute Gasteiger partial charge is 0.203 e. The van der Waals surface area contributed by atoms with Crippen LogP contribution >= 0.6 is 0 Å². The molecule has 20 heavy (non-hydrogen) atoms. The second kappa shape index (κ2) is 6.33. The van der Waals surface area contributed by atoms with Gasteiger partial charge in [0.15, 0.2) is 11.5 Å². The van der Waals surface area contributed by atoms with Gasteiger partial charge in [-0.25, -0.2) is 0 Å². The summed E-state index contributed by atoms with van der Waals surface area (Å²) in [5, 5.41) is 0. The Morgan fingerprint density at radius 3 is 2.80 bits per heavy atom. The fourth-order valence-corrected chi connectivity index (χ4v) is 2.68. The maximum absolute atomic E-state index is 5.66. The molecule has 1 aliphatic carbocycles. The van der Waals surface area contributed by atoms with Crippen LogP contribution in [-0.4, -0.2) is 26.4 Å². The van der Waals surface area contributed by atoms with Crippen molar-refractivity contribution >= 4 is 0 Å². The van der Waals surface area contributed by atoms with Crippen molar-refractivity contribution in [3.05, 3.63) is 17.7 Å². The summed E-state index contributed by atoms with van der Waals surface area (Å²) in [6.07, 6.45) is 5.19. The summed E-state index contributed by atoms with van der Waals surface area (Å²) in [5.41, 5.74) is 4.11. The molecule has 1 fully saturated rings. The molecule has 2 aliphatic rings. The van der Waals surface area contributed by atoms with Crippen molar-refractivity contribution in [2.75, 3.05) is 20.3 Å². The summed E-state index contributed by atoms with van der Waals surface area (Å²) in [4.78, 5) is 5.66. The van der Waals surface area contributed by atoms with E-state index in [4.69, 9.17) is 19.0 Å². The summed E-state index contributed by atoms with van der Waals surface area (Å²) in [7, 11) is 1.64. The van der Waals surface area contributed by atoms with Crippen LogP contribution < -0.4 is 19.7 Å². The van der Waals surface area contributed by atoms with Crippen molar-refractivity contribution in [2.24, 2.45) is 0 Å². The van der Waals surface area contributed by atoms with Gasteiger partial charge in [0, 0.05) is 6.54 Å². The minimum atomic E-state index is 0.356. The van der Waals surface area contributed by atoms with Crippen LogP contribution in [0.4, 0.5) is 0 Å². The van der Waals surface area contributed by atoms with E-state index in [9.17, 15) is 0 Å². The molecular formula is C15H21NO4. The summed E-state index contributed by atoms with van der Waals surface area (Å²) >= 11 is 0. The maximum atomic E-state index is 5.66. The van der Waals surface area contributed by atoms with E-state index in [1.807, 2.05) is 12.1 Å². The average molecular weight is 279 g/mol. The fourth-order valence-electron chi connectivity index (χ4n) is 2.68. The first-order valence-corrected chi connectivity index (χ1v) is 7.22. The number of hydrogen-bond acceptors (Lipinski definition) is 5. The molecule has 0 saturated heterocycles. The van der Waals surface area contributed by atoms with Gasteiger partial charge in [-0.2, -0.15) is 5.48 Å². The molecule has 1 heterocycles. The Morgan fingerprint density at radius 2 is 2.00 bits per heavy atom. The highest BCUT2D eigenvalue weighted by Gasteiger charge is 2.19. The number of nitrogens with one attached hydrogen (secondary N) is 1. The van der Waals surface area contributed by atoms with E-state index in [1.54, 1.807) is 7.11 Å². The van der Waals surface area contributed by atoms with E-state index < -0.39 is 0 Å². The lowest BCUT2D eigenvalue weighted by Crippen LogP contribution is -2.22. The Hall–Kier alpha value is -1.46. The molecule has 3 rings (SSSR count). The molecule has 1 aliphatic heterocycles. The Labute approximate surface area is 119 Å². The number of rotatable bonds is 5. The molecule has 0 radical (unpaired) electrons. The quantitative estimate of drug-likeness (QED) is 0.839. The van der Waals surface area contributed by atoms with E-state index in [2.05, 4.69) is 5.48 Å². The summed E-state index contributed by atoms with van der Waals surface area (Å²) in [6.45, 7) is 1.76. The van der Waals surface area contributed by atoms with Crippen molar-refractivity contribution in [1.82, 2.24) is 5.48 Å². The molecule has 0 bridgehead atoms. The molecule has 1 saturated carbocycles. The molecule has 5 nitrogen and oxygen atoms in total. The van der Waals surface area contributed by atoms with Gasteiger partial charge >= 0.3 is 0 Å². The minimum Gasteiger partial charge on any atom is -0.493 e. The number of benzene rings is 1. The molecule has 0 spiro atoms. The van der Waals surface area contributed by atoms with Crippen molar-refractivity contribution in [2.45, 2.75) is 38.3 Å². The van der Waals surface area contributed by atoms with E-state index in [0.717, 1.165) is 24.2 Å². The van der Waals surface area contributed by atoms with Crippen LogP contribution in [0.25, 0.3) is 0 Å². The van der Waals surface area contributed by atoms with Gasteiger partial charge in [-0.05, 0) is 30.5 Å². The van der Waals surface area contributed by atoms with Gasteiger partial charge in [-0.1, -0.05) is 12.8 Å². The second-order valence-corrected chi connectivity index (χ2v) is 5.17. The van der Waals surface area contributed by atoms with Crippen LogP contribution in [-0.2, 0) is 11.4 Å². The molecular weight excluding hydrogens is 258 g/mol. The van der Waals surface area contributed by atoms with Crippen LogP contribution in [0, 0.1) is 0 Å². The zero-order valence-electron chi connectivity index (χ0n) is 11.8. The van der Waals surface area contributed by atoms with Gasteiger partial charge in [-0.3, -0.25) is 4.84 Å². The molecule has 0 aromatic heterocycles. The number of fused-ring (bicyclic) bond motifs is 1. The maximum Gasteiger partial charge on any atom is 0.203 e. The predicted octanol–water partition coefficient (Wildman–Crippen LogP) is 2.43. The monoisotopic (exact) mass is 279 g/mol. The van der Waals surface area contributed by atoms with Crippen molar-refractivity contribution in [1.29, 1.82) is 0 Å². The summed E-state index contributed by atoms with van der Waals surface area (Å²) in [5.74, 6) is 2.15. The van der Waals surface area contributed by atoms with E-state index in [0.29, 0.717) is 37.4 Å². The van der Waals surface area contributed by atoms with Crippen LogP contribution in [0.3, 0.4) is 0 Å². The Balaban J connectivity index is 1.63. The third kappa shape index (κ3) is 2.99. The Kier molecular flexibility index (Phi) is 4.28. The number of methoxy groups -OCH3 is 1. The summed E-state index contributed by atoms with van der Waals surface area (Å²) in [6, 6.07) is 3.93. The number of ether oxygens (including phenoxy) is 3. The SMILES string of the molecule is COc1cc(CNOC2CCCC2)cc2c1OCCO2. The standard InChI is InChI=1S/C15H21NO4/c1-17-13-8-11(9-14-15(13)19-7-6-18-14)10-16-20-12-4-2-3-5-12/h8-9,12,16H,2-7,10H2,1H3. The van der Waals surface area contributed by atoms with E-state index in [-0.39, 0.29) is 0 Å². The summed E-state index contributed by atoms with van der Waals surface area (Å²) < 4.78 is 16.6. The lowest BCUT2D eigenvalue weighted by atomic mass is 10.1. The van der Waals surface area contributed by atoms with Gasteiger partial charge in [0.25, 0.3) is 0 Å². The highest BCUT2D eigenvalue weighted by atomic mass is 16.7. The first-order valence-electron chi connectivity index (χ1n) is 7.22. The number of hydrogen-bond donors (Lipinski definition) is 1. The van der Waals surface area contributed by atoms with Crippen LogP contribution in [0.5, 0.6) is 17.2 Å². The largest absolute Gasteiger partial charge is 0.493 e. The minimum absolute atomic E-state index is 0.356. The highest BCUT2D eigenvalue weighted by Crippen LogP contribution is 2.40. The van der Waals surface area contributed by atoms with Gasteiger partial charge in [-0.15, -0.1) is 0 Å². The van der Waals surface area contributed by atoms with Crippen LogP contribution in [0.1, 0.15) is 31.2 Å². The highest BCUT2D eigenvalue weighted by molar-refractivity contribution is 5.54. The van der Waals surface area contributed by atoms with Gasteiger partial charge < -0.3 is 14.2 Å². The van der Waals surface area contributed by atoms with Crippen molar-refractivity contribution < 1.29 is 19.0 Å². The Morgan fingerprint density at radius 1 is 1.20 bits per heavy atom. The molecule has 110 valence electrons. The van der Waals surface area contributed by atoms with E-state index in [1.165, 1.54) is 12.8 Å². The van der Waals surface area contributed by atoms with Gasteiger partial charge in [0.2, 0.25) is 5.75 Å². The Bertz CT molecular complexity index is 440. The lowest BCUT2D eigenvalue weighted by molar-refractivity contribution is -0.0244. The topological polar surface area (TPSA) is 49.0 Å². The van der Waals surface area contributed by atoms with Crippen LogP contribution in [0.2, 0.25) is 0 Å². The first-order chi connectivity index (χ1) is 9.86. The first kappa shape index (κ1) is 13.5. The van der Waals surface area contributed by atoms with Gasteiger partial charge in [0.05, 0.1) is 13.2 Å². The van der Waals surface area contributed by atoms with Crippen molar-refractivity contribution in [3.63, 3.8) is 0 Å². The predicted molar refractivity (Wildman–Crippen MR) is 74.2 cm³/mol. The molecule has 5 heteroatoms. The average Bonchev–Trinajstić information content (AvgIpc) is 2.99. The molecule has 1 aromatic carbocycles. The fraction of sp³-hybridized carbons (Fsp3) is 0.600. The van der Waals surface area contributed by atoms with Gasteiger partial charge in [0.1, 0.15) is 13.2 Å². The van der Waals surface area contributed by atoms with Crippen LogP contribution in [0.15, 0.2) is 12.1 Å². The second-order valence-electron chi connectivity index (χ2n) is 5.17. The molecule has 0 amide bonds. The molecule has 0 atom stereocenters. The van der Waals surface area contributed by atoms with Crippen molar-refractivity contribution in [3.8, 4) is 17.2 Å². The molecule has 1 N–H and O–H groups in total. The number of hydroxylamine groups is 1. The lowest BCUT2D eigenvalue weighted by Gasteiger charge is -2.21. The zero-order chi connectivity index (χ0) is 13.8. The zero-order valence-corrected chi connectivity index (χ0v) is 11.8. The van der Waals surface area contributed by atoms with E-state index >= 15 is 0 Å². The molecule has 0 unspecified atom stereocenters. The third-order valence-electron chi connectivity index (χ3n) is 3.72. The molecule has 1 aromatic rings.